The molecule has 0 bridgehead atoms. The maximum Gasteiger partial charge on any atom is 0.356 e. The first kappa shape index (κ1) is 17.5. The molecule has 0 spiro atoms. The zero-order chi connectivity index (χ0) is 18.4. The molecule has 4 N–H and O–H groups in total. The predicted octanol–water partition coefficient (Wildman–Crippen LogP) is 1.92. The van der Waals surface area contributed by atoms with Crippen molar-refractivity contribution >= 4 is 29.9 Å². The first-order chi connectivity index (χ1) is 11.6. The largest absolute Gasteiger partial charge is 0.382 e. The standard InChI is InChI=1S/C16H20N5O3P/c1-16(2,3)8-21-14(20-12-13(17)18-9-19-15(12)21)10-6-4-5-7-11(10)25(22,23)24/h4-7,9H,8H2,1-3H3,(H2,17,18,19)(H2,22,23,24). The monoisotopic (exact) mass is 361 g/mol. The van der Waals surface area contributed by atoms with Crippen LogP contribution in [0.4, 0.5) is 5.82 Å². The summed E-state index contributed by atoms with van der Waals surface area (Å²) in [5.41, 5.74) is 7.13. The van der Waals surface area contributed by atoms with Crippen molar-refractivity contribution in [3.8, 4) is 11.4 Å². The van der Waals surface area contributed by atoms with E-state index in [0.29, 0.717) is 29.1 Å². The maximum atomic E-state index is 11.9. The van der Waals surface area contributed by atoms with Crippen LogP contribution in [0, 0.1) is 5.41 Å². The zero-order valence-corrected chi connectivity index (χ0v) is 15.1. The number of anilines is 1. The third-order valence-electron chi connectivity index (χ3n) is 3.65. The third kappa shape index (κ3) is 3.42. The van der Waals surface area contributed by atoms with E-state index in [1.807, 2.05) is 4.57 Å². The summed E-state index contributed by atoms with van der Waals surface area (Å²) in [4.78, 5) is 32.2. The summed E-state index contributed by atoms with van der Waals surface area (Å²) < 4.78 is 13.7. The fraction of sp³-hybridized carbons (Fsp3) is 0.312. The second-order valence-electron chi connectivity index (χ2n) is 7.07. The first-order valence-corrected chi connectivity index (χ1v) is 9.31. The van der Waals surface area contributed by atoms with Crippen LogP contribution < -0.4 is 11.0 Å². The van der Waals surface area contributed by atoms with E-state index < -0.39 is 7.60 Å². The van der Waals surface area contributed by atoms with Crippen molar-refractivity contribution in [3.63, 3.8) is 0 Å². The minimum absolute atomic E-state index is 0.0769. The van der Waals surface area contributed by atoms with Crippen LogP contribution >= 0.6 is 7.60 Å². The van der Waals surface area contributed by atoms with Gasteiger partial charge >= 0.3 is 7.60 Å². The van der Waals surface area contributed by atoms with Crippen LogP contribution in [0.3, 0.4) is 0 Å². The summed E-state index contributed by atoms with van der Waals surface area (Å²) in [5.74, 6) is 0.642. The van der Waals surface area contributed by atoms with Crippen molar-refractivity contribution in [2.75, 3.05) is 5.73 Å². The Bertz CT molecular complexity index is 987. The number of nitrogens with two attached hydrogens (primary N) is 1. The molecule has 0 unspecified atom stereocenters. The van der Waals surface area contributed by atoms with E-state index in [2.05, 4.69) is 35.7 Å². The molecule has 2 aromatic heterocycles. The van der Waals surface area contributed by atoms with Crippen LogP contribution in [-0.4, -0.2) is 29.3 Å². The van der Waals surface area contributed by atoms with E-state index in [1.165, 1.54) is 12.4 Å². The minimum atomic E-state index is -4.47. The predicted molar refractivity (Wildman–Crippen MR) is 96.3 cm³/mol. The number of fused-ring (bicyclic) bond motifs is 1. The average Bonchev–Trinajstić information content (AvgIpc) is 2.85. The Morgan fingerprint density at radius 1 is 1.20 bits per heavy atom. The van der Waals surface area contributed by atoms with Gasteiger partial charge in [0.05, 0.1) is 5.30 Å². The highest BCUT2D eigenvalue weighted by atomic mass is 31.2. The summed E-state index contributed by atoms with van der Waals surface area (Å²) in [6.45, 7) is 6.72. The van der Waals surface area contributed by atoms with Gasteiger partial charge in [0, 0.05) is 12.1 Å². The van der Waals surface area contributed by atoms with E-state index in [9.17, 15) is 14.4 Å². The summed E-state index contributed by atoms with van der Waals surface area (Å²) >= 11 is 0. The van der Waals surface area contributed by atoms with Crippen LogP contribution in [-0.2, 0) is 11.1 Å². The smallest absolute Gasteiger partial charge is 0.356 e. The average molecular weight is 361 g/mol. The van der Waals surface area contributed by atoms with Gasteiger partial charge in [0.1, 0.15) is 12.2 Å². The van der Waals surface area contributed by atoms with Crippen LogP contribution in [0.25, 0.3) is 22.6 Å². The van der Waals surface area contributed by atoms with E-state index in [4.69, 9.17) is 5.73 Å². The molecular weight excluding hydrogens is 341 g/mol. The number of nitrogens with zero attached hydrogens (tertiary/aromatic N) is 4. The van der Waals surface area contributed by atoms with Gasteiger partial charge in [-0.3, -0.25) is 4.57 Å². The van der Waals surface area contributed by atoms with Crippen molar-refractivity contribution < 1.29 is 14.4 Å². The van der Waals surface area contributed by atoms with Gasteiger partial charge in [-0.1, -0.05) is 39.0 Å². The molecule has 25 heavy (non-hydrogen) atoms. The lowest BCUT2D eigenvalue weighted by molar-refractivity contribution is 0.349. The van der Waals surface area contributed by atoms with Crippen LogP contribution in [0.5, 0.6) is 0 Å². The maximum absolute atomic E-state index is 11.9. The van der Waals surface area contributed by atoms with Gasteiger partial charge in [-0.15, -0.1) is 0 Å². The summed E-state index contributed by atoms with van der Waals surface area (Å²) in [5, 5.41) is -0.0769. The highest BCUT2D eigenvalue weighted by Crippen LogP contribution is 2.38. The molecule has 0 aliphatic rings. The van der Waals surface area contributed by atoms with Crippen LogP contribution in [0.15, 0.2) is 30.6 Å². The first-order valence-electron chi connectivity index (χ1n) is 7.70. The lowest BCUT2D eigenvalue weighted by atomic mass is 9.96. The molecule has 0 saturated carbocycles. The molecule has 3 rings (SSSR count). The molecule has 132 valence electrons. The Morgan fingerprint density at radius 3 is 2.52 bits per heavy atom. The van der Waals surface area contributed by atoms with Gasteiger partial charge in [0.25, 0.3) is 0 Å². The number of aromatic nitrogens is 4. The van der Waals surface area contributed by atoms with Gasteiger partial charge in [-0.05, 0) is 11.5 Å². The molecular formula is C16H20N5O3P. The summed E-state index contributed by atoms with van der Waals surface area (Å²) in [6.07, 6.45) is 1.36. The molecule has 8 nitrogen and oxygen atoms in total. The Kier molecular flexibility index (Phi) is 4.15. The second-order valence-corrected chi connectivity index (χ2v) is 8.64. The van der Waals surface area contributed by atoms with Crippen LogP contribution in [0.1, 0.15) is 20.8 Å². The molecule has 0 fully saturated rings. The minimum Gasteiger partial charge on any atom is -0.382 e. The molecule has 1 aromatic carbocycles. The Hall–Kier alpha value is -2.28. The number of hydrogen-bond donors (Lipinski definition) is 3. The molecule has 3 aromatic rings. The zero-order valence-electron chi connectivity index (χ0n) is 14.2. The van der Waals surface area contributed by atoms with Crippen molar-refractivity contribution in [1.82, 2.24) is 19.5 Å². The van der Waals surface area contributed by atoms with Crippen molar-refractivity contribution in [2.24, 2.45) is 5.41 Å². The fourth-order valence-corrected chi connectivity index (χ4v) is 3.47. The Labute approximate surface area is 144 Å². The van der Waals surface area contributed by atoms with E-state index >= 15 is 0 Å². The van der Waals surface area contributed by atoms with Crippen molar-refractivity contribution in [3.05, 3.63) is 30.6 Å². The van der Waals surface area contributed by atoms with Crippen molar-refractivity contribution in [1.29, 1.82) is 0 Å². The van der Waals surface area contributed by atoms with E-state index in [0.717, 1.165) is 0 Å². The lowest BCUT2D eigenvalue weighted by Crippen LogP contribution is -2.18. The molecule has 0 saturated heterocycles. The molecule has 0 aliphatic carbocycles. The highest BCUT2D eigenvalue weighted by Gasteiger charge is 2.27. The van der Waals surface area contributed by atoms with Gasteiger partial charge in [0.2, 0.25) is 0 Å². The fourth-order valence-electron chi connectivity index (χ4n) is 2.70. The molecule has 0 aliphatic heterocycles. The quantitative estimate of drug-likeness (QED) is 0.608. The SMILES string of the molecule is CC(C)(C)Cn1c(-c2ccccc2P(=O)(O)O)nc2c(N)ncnc21. The lowest BCUT2D eigenvalue weighted by Gasteiger charge is -2.21. The topological polar surface area (TPSA) is 127 Å². The van der Waals surface area contributed by atoms with Crippen LogP contribution in [0.2, 0.25) is 0 Å². The number of nitrogen functional groups attached to an aromatic ring is 1. The van der Waals surface area contributed by atoms with Gasteiger partial charge < -0.3 is 20.1 Å². The number of benzene rings is 1. The molecule has 0 atom stereocenters. The Balaban J connectivity index is 2.36. The second kappa shape index (κ2) is 5.91. The summed E-state index contributed by atoms with van der Waals surface area (Å²) in [6, 6.07) is 6.34. The molecule has 0 amide bonds. The van der Waals surface area contributed by atoms with E-state index in [1.54, 1.807) is 18.2 Å². The number of rotatable bonds is 3. The highest BCUT2D eigenvalue weighted by molar-refractivity contribution is 7.60. The summed E-state index contributed by atoms with van der Waals surface area (Å²) in [7, 11) is -4.47. The van der Waals surface area contributed by atoms with Gasteiger partial charge in [0.15, 0.2) is 17.0 Å². The van der Waals surface area contributed by atoms with Gasteiger partial charge in [-0.2, -0.15) is 0 Å². The molecule has 9 heteroatoms. The van der Waals surface area contributed by atoms with Crippen molar-refractivity contribution in [2.45, 2.75) is 27.3 Å². The number of hydrogen-bond acceptors (Lipinski definition) is 5. The number of imidazole rings is 1. The van der Waals surface area contributed by atoms with Gasteiger partial charge in [-0.25, -0.2) is 15.0 Å². The molecule has 0 radical (unpaired) electrons. The third-order valence-corrected chi connectivity index (χ3v) is 4.67. The molecule has 2 heterocycles. The Morgan fingerprint density at radius 2 is 1.88 bits per heavy atom. The van der Waals surface area contributed by atoms with E-state index in [-0.39, 0.29) is 16.5 Å². The normalized spacial score (nSPS) is 12.7.